The molecule has 1 N–H and O–H groups in total. The van der Waals surface area contributed by atoms with Gasteiger partial charge in [-0.05, 0) is 17.5 Å². The van der Waals surface area contributed by atoms with Gasteiger partial charge in [-0.15, -0.1) is 0 Å². The first kappa shape index (κ1) is 19.7. The number of halogens is 1. The summed E-state index contributed by atoms with van der Waals surface area (Å²) in [4.78, 5) is 16.2. The van der Waals surface area contributed by atoms with Crippen LogP contribution >= 0.6 is 11.6 Å². The molecule has 0 aliphatic heterocycles. The Balaban J connectivity index is 1.95. The molecule has 1 heterocycles. The number of hydrogen-bond donors (Lipinski definition) is 1. The fraction of sp³-hybridized carbons (Fsp3) is 0.182. The number of aromatic nitrogens is 1. The van der Waals surface area contributed by atoms with Crippen LogP contribution in [0.5, 0.6) is 11.6 Å². The van der Waals surface area contributed by atoms with Gasteiger partial charge in [0.25, 0.3) is 0 Å². The quantitative estimate of drug-likeness (QED) is 0.532. The first-order chi connectivity index (χ1) is 13.6. The Morgan fingerprint density at radius 3 is 2.00 bits per heavy atom. The maximum Gasteiger partial charge on any atom is 0.345 e. The lowest BCUT2D eigenvalue weighted by molar-refractivity contribution is 0.0684. The van der Waals surface area contributed by atoms with Crippen LogP contribution < -0.4 is 9.47 Å². The van der Waals surface area contributed by atoms with E-state index in [4.69, 9.17) is 21.1 Å². The number of carboxylic acids is 1. The van der Waals surface area contributed by atoms with Gasteiger partial charge in [0.1, 0.15) is 24.1 Å². The molecule has 0 aliphatic carbocycles. The highest BCUT2D eigenvalue weighted by atomic mass is 35.5. The number of rotatable bonds is 8. The van der Waals surface area contributed by atoms with Gasteiger partial charge in [-0.1, -0.05) is 79.2 Å². The summed E-state index contributed by atoms with van der Waals surface area (Å²) in [5.41, 5.74) is 2.24. The van der Waals surface area contributed by atoms with Crippen molar-refractivity contribution in [3.8, 4) is 11.6 Å². The van der Waals surface area contributed by atoms with E-state index in [1.807, 2.05) is 67.6 Å². The Morgan fingerprint density at radius 2 is 1.50 bits per heavy atom. The normalized spacial score (nSPS) is 10.5. The molecule has 2 aromatic carbocycles. The molecular formula is C22H20ClNO4. The van der Waals surface area contributed by atoms with Crippen molar-refractivity contribution in [1.82, 2.24) is 4.98 Å². The van der Waals surface area contributed by atoms with Gasteiger partial charge in [0, 0.05) is 5.56 Å². The standard InChI is InChI=1S/C22H20ClNO4/c1-2-17-19(27-13-15-9-5-3-6-10-15)18(22(25)26)21(24-20(17)23)28-14-16-11-7-4-8-12-16/h3-12H,2,13-14H2,1H3,(H,25,26). The molecule has 3 aromatic rings. The van der Waals surface area contributed by atoms with Crippen molar-refractivity contribution in [2.45, 2.75) is 26.6 Å². The second kappa shape index (κ2) is 9.24. The second-order valence-electron chi connectivity index (χ2n) is 6.10. The van der Waals surface area contributed by atoms with E-state index in [1.165, 1.54) is 0 Å². The van der Waals surface area contributed by atoms with E-state index in [1.54, 1.807) is 0 Å². The molecule has 0 bridgehead atoms. The van der Waals surface area contributed by atoms with Gasteiger partial charge in [-0.25, -0.2) is 9.78 Å². The number of pyridine rings is 1. The minimum atomic E-state index is -1.18. The maximum absolute atomic E-state index is 12.0. The van der Waals surface area contributed by atoms with Crippen LogP contribution in [0.4, 0.5) is 0 Å². The van der Waals surface area contributed by atoms with E-state index in [9.17, 15) is 9.90 Å². The molecule has 0 saturated heterocycles. The van der Waals surface area contributed by atoms with Crippen molar-refractivity contribution in [2.75, 3.05) is 0 Å². The topological polar surface area (TPSA) is 68.7 Å². The SMILES string of the molecule is CCc1c(Cl)nc(OCc2ccccc2)c(C(=O)O)c1OCc1ccccc1. The first-order valence-electron chi connectivity index (χ1n) is 8.89. The molecule has 0 aliphatic rings. The first-order valence-corrected chi connectivity index (χ1v) is 9.27. The summed E-state index contributed by atoms with van der Waals surface area (Å²) in [5, 5.41) is 9.99. The lowest BCUT2D eigenvalue weighted by Crippen LogP contribution is -2.12. The summed E-state index contributed by atoms with van der Waals surface area (Å²) in [6.45, 7) is 2.26. The van der Waals surface area contributed by atoms with E-state index in [0.29, 0.717) is 12.0 Å². The van der Waals surface area contributed by atoms with Crippen molar-refractivity contribution in [2.24, 2.45) is 0 Å². The minimum Gasteiger partial charge on any atom is -0.487 e. The molecule has 0 fully saturated rings. The summed E-state index contributed by atoms with van der Waals surface area (Å²) >= 11 is 6.31. The molecule has 0 atom stereocenters. The number of nitrogens with zero attached hydrogens (tertiary/aromatic N) is 1. The van der Waals surface area contributed by atoms with E-state index < -0.39 is 5.97 Å². The molecule has 0 amide bonds. The molecule has 0 saturated carbocycles. The molecule has 0 radical (unpaired) electrons. The van der Waals surface area contributed by atoms with E-state index in [0.717, 1.165) is 11.1 Å². The zero-order valence-electron chi connectivity index (χ0n) is 15.4. The highest BCUT2D eigenvalue weighted by Crippen LogP contribution is 2.36. The number of carboxylic acid groups (broad SMARTS) is 1. The van der Waals surface area contributed by atoms with Crippen molar-refractivity contribution in [3.05, 3.63) is 88.1 Å². The molecule has 3 rings (SSSR count). The van der Waals surface area contributed by atoms with Crippen LogP contribution in [0.2, 0.25) is 5.15 Å². The third kappa shape index (κ3) is 4.61. The highest BCUT2D eigenvalue weighted by molar-refractivity contribution is 6.30. The number of aromatic carboxylic acids is 1. The summed E-state index contributed by atoms with van der Waals surface area (Å²) in [6.07, 6.45) is 0.481. The lowest BCUT2D eigenvalue weighted by Gasteiger charge is -2.17. The Morgan fingerprint density at radius 1 is 0.964 bits per heavy atom. The van der Waals surface area contributed by atoms with Crippen molar-refractivity contribution in [3.63, 3.8) is 0 Å². The van der Waals surface area contributed by atoms with Gasteiger partial charge in [-0.3, -0.25) is 0 Å². The second-order valence-corrected chi connectivity index (χ2v) is 6.46. The van der Waals surface area contributed by atoms with Gasteiger partial charge < -0.3 is 14.6 Å². The summed E-state index contributed by atoms with van der Waals surface area (Å²) in [6, 6.07) is 18.9. The number of hydrogen-bond acceptors (Lipinski definition) is 4. The van der Waals surface area contributed by atoms with Gasteiger partial charge in [-0.2, -0.15) is 0 Å². The molecular weight excluding hydrogens is 378 g/mol. The number of benzene rings is 2. The average Bonchev–Trinajstić information content (AvgIpc) is 2.71. The zero-order chi connectivity index (χ0) is 19.9. The Hall–Kier alpha value is -3.05. The van der Waals surface area contributed by atoms with Crippen LogP contribution in [0, 0.1) is 0 Å². The zero-order valence-corrected chi connectivity index (χ0v) is 16.1. The molecule has 28 heavy (non-hydrogen) atoms. The monoisotopic (exact) mass is 397 g/mol. The molecule has 144 valence electrons. The van der Waals surface area contributed by atoms with Crippen LogP contribution in [0.1, 0.15) is 34.0 Å². The van der Waals surface area contributed by atoms with Gasteiger partial charge in [0.05, 0.1) is 0 Å². The molecule has 1 aromatic heterocycles. The molecule has 0 spiro atoms. The molecule has 5 nitrogen and oxygen atoms in total. The molecule has 6 heteroatoms. The van der Waals surface area contributed by atoms with Crippen molar-refractivity contribution in [1.29, 1.82) is 0 Å². The summed E-state index contributed by atoms with van der Waals surface area (Å²) in [7, 11) is 0. The fourth-order valence-electron chi connectivity index (χ4n) is 2.77. The number of ether oxygens (including phenoxy) is 2. The van der Waals surface area contributed by atoms with Crippen LogP contribution in [0.15, 0.2) is 60.7 Å². The minimum absolute atomic E-state index is 0.0541. The fourth-order valence-corrected chi connectivity index (χ4v) is 3.06. The Bertz CT molecular complexity index is 946. The highest BCUT2D eigenvalue weighted by Gasteiger charge is 2.26. The van der Waals surface area contributed by atoms with Gasteiger partial charge in [0.15, 0.2) is 5.56 Å². The van der Waals surface area contributed by atoms with Crippen LogP contribution in [-0.4, -0.2) is 16.1 Å². The van der Waals surface area contributed by atoms with Crippen LogP contribution in [0.3, 0.4) is 0 Å². The third-order valence-corrected chi connectivity index (χ3v) is 4.49. The van der Waals surface area contributed by atoms with E-state index in [-0.39, 0.29) is 35.6 Å². The van der Waals surface area contributed by atoms with Crippen LogP contribution in [0.25, 0.3) is 0 Å². The van der Waals surface area contributed by atoms with Gasteiger partial charge >= 0.3 is 5.97 Å². The lowest BCUT2D eigenvalue weighted by atomic mass is 10.1. The molecule has 0 unspecified atom stereocenters. The smallest absolute Gasteiger partial charge is 0.345 e. The Labute approximate surface area is 168 Å². The predicted octanol–water partition coefficient (Wildman–Crippen LogP) is 5.15. The van der Waals surface area contributed by atoms with Crippen LogP contribution in [-0.2, 0) is 19.6 Å². The van der Waals surface area contributed by atoms with Crippen molar-refractivity contribution >= 4 is 17.6 Å². The predicted molar refractivity (Wildman–Crippen MR) is 107 cm³/mol. The summed E-state index contributed by atoms with van der Waals surface area (Å²) < 4.78 is 11.6. The maximum atomic E-state index is 12.0. The van der Waals surface area contributed by atoms with Crippen molar-refractivity contribution < 1.29 is 19.4 Å². The Kier molecular flexibility index (Phi) is 6.50. The van der Waals surface area contributed by atoms with E-state index >= 15 is 0 Å². The number of carbonyl (C=O) groups is 1. The average molecular weight is 398 g/mol. The van der Waals surface area contributed by atoms with Gasteiger partial charge in [0.2, 0.25) is 5.88 Å². The third-order valence-electron chi connectivity index (χ3n) is 4.18. The van der Waals surface area contributed by atoms with E-state index in [2.05, 4.69) is 4.98 Å². The summed E-state index contributed by atoms with van der Waals surface area (Å²) in [5.74, 6) is -1.03. The largest absolute Gasteiger partial charge is 0.487 e.